The molecule has 0 bridgehead atoms. The minimum absolute atomic E-state index is 0.0234. The number of carbonyl (C=O) groups is 1. The first-order valence-electron chi connectivity index (χ1n) is 7.21. The summed E-state index contributed by atoms with van der Waals surface area (Å²) in [4.78, 5) is 11.1. The van der Waals surface area contributed by atoms with Crippen LogP contribution in [0.25, 0.3) is 0 Å². The molecule has 0 saturated heterocycles. The summed E-state index contributed by atoms with van der Waals surface area (Å²) >= 11 is 0. The van der Waals surface area contributed by atoms with Crippen LogP contribution in [0.4, 0.5) is 11.4 Å². The zero-order chi connectivity index (χ0) is 13.8. The van der Waals surface area contributed by atoms with Crippen LogP contribution in [0.2, 0.25) is 0 Å². The van der Waals surface area contributed by atoms with Crippen LogP contribution in [0.5, 0.6) is 0 Å². The molecule has 3 nitrogen and oxygen atoms in total. The van der Waals surface area contributed by atoms with E-state index < -0.39 is 0 Å². The molecule has 1 amide bonds. The normalized spacial score (nSPS) is 22.9. The Morgan fingerprint density at radius 3 is 2.63 bits per heavy atom. The highest BCUT2D eigenvalue weighted by Gasteiger charge is 2.20. The lowest BCUT2D eigenvalue weighted by molar-refractivity contribution is -0.114. The molecular weight excluding hydrogens is 236 g/mol. The molecule has 0 aliphatic heterocycles. The Morgan fingerprint density at radius 1 is 1.26 bits per heavy atom. The van der Waals surface area contributed by atoms with Crippen molar-refractivity contribution in [2.75, 3.05) is 10.6 Å². The summed E-state index contributed by atoms with van der Waals surface area (Å²) in [6.45, 7) is 5.89. The van der Waals surface area contributed by atoms with E-state index >= 15 is 0 Å². The van der Waals surface area contributed by atoms with E-state index in [1.807, 2.05) is 13.0 Å². The third kappa shape index (κ3) is 3.72. The maximum absolute atomic E-state index is 11.1. The number of amides is 1. The highest BCUT2D eigenvalue weighted by molar-refractivity contribution is 5.89. The van der Waals surface area contributed by atoms with Crippen molar-refractivity contribution in [2.45, 2.75) is 52.5 Å². The molecule has 1 aliphatic rings. The molecule has 19 heavy (non-hydrogen) atoms. The van der Waals surface area contributed by atoms with Crippen LogP contribution in [-0.2, 0) is 4.79 Å². The molecule has 1 fully saturated rings. The number of hydrogen-bond acceptors (Lipinski definition) is 2. The van der Waals surface area contributed by atoms with E-state index in [9.17, 15) is 4.79 Å². The van der Waals surface area contributed by atoms with Gasteiger partial charge >= 0.3 is 0 Å². The summed E-state index contributed by atoms with van der Waals surface area (Å²) in [5.41, 5.74) is 3.16. The molecule has 0 spiro atoms. The Balaban J connectivity index is 2.05. The fourth-order valence-electron chi connectivity index (χ4n) is 2.83. The van der Waals surface area contributed by atoms with Gasteiger partial charge in [-0.15, -0.1) is 0 Å². The van der Waals surface area contributed by atoms with Crippen LogP contribution in [0.15, 0.2) is 18.2 Å². The second kappa shape index (κ2) is 6.09. The fraction of sp³-hybridized carbons (Fsp3) is 0.562. The molecule has 2 unspecified atom stereocenters. The SMILES string of the molecule is CC(=O)Nc1ccc(NC2CCCCC2C)cc1C. The van der Waals surface area contributed by atoms with Crippen LogP contribution >= 0.6 is 0 Å². The third-order valence-corrected chi connectivity index (χ3v) is 4.00. The van der Waals surface area contributed by atoms with E-state index in [2.05, 4.69) is 29.7 Å². The summed E-state index contributed by atoms with van der Waals surface area (Å²) in [5.74, 6) is 0.716. The van der Waals surface area contributed by atoms with E-state index in [0.717, 1.165) is 22.9 Å². The van der Waals surface area contributed by atoms with Gasteiger partial charge < -0.3 is 10.6 Å². The lowest BCUT2D eigenvalue weighted by atomic mass is 9.86. The van der Waals surface area contributed by atoms with Crippen molar-refractivity contribution in [1.29, 1.82) is 0 Å². The van der Waals surface area contributed by atoms with Crippen LogP contribution in [-0.4, -0.2) is 11.9 Å². The lowest BCUT2D eigenvalue weighted by Gasteiger charge is -2.30. The van der Waals surface area contributed by atoms with Gasteiger partial charge in [0.15, 0.2) is 0 Å². The predicted octanol–water partition coefficient (Wildman–Crippen LogP) is 3.94. The maximum Gasteiger partial charge on any atom is 0.221 e. The van der Waals surface area contributed by atoms with E-state index in [1.165, 1.54) is 32.6 Å². The number of hydrogen-bond donors (Lipinski definition) is 2. The fourth-order valence-corrected chi connectivity index (χ4v) is 2.83. The summed E-state index contributed by atoms with van der Waals surface area (Å²) in [7, 11) is 0. The monoisotopic (exact) mass is 260 g/mol. The molecule has 1 saturated carbocycles. The molecular formula is C16H24N2O. The molecule has 0 heterocycles. The van der Waals surface area contributed by atoms with Crippen molar-refractivity contribution in [1.82, 2.24) is 0 Å². The maximum atomic E-state index is 11.1. The summed E-state index contributed by atoms with van der Waals surface area (Å²) in [5, 5.41) is 6.49. The highest BCUT2D eigenvalue weighted by Crippen LogP contribution is 2.28. The Hall–Kier alpha value is -1.51. The second-order valence-corrected chi connectivity index (χ2v) is 5.72. The molecule has 3 heteroatoms. The topological polar surface area (TPSA) is 41.1 Å². The standard InChI is InChI=1S/C16H24N2O/c1-11-6-4-5-7-15(11)18-14-8-9-16(12(2)10-14)17-13(3)19/h8-11,15,18H,4-7H2,1-3H3,(H,17,19). The predicted molar refractivity (Wildman–Crippen MR) is 80.5 cm³/mol. The smallest absolute Gasteiger partial charge is 0.221 e. The van der Waals surface area contributed by atoms with Gasteiger partial charge in [0.1, 0.15) is 0 Å². The van der Waals surface area contributed by atoms with Crippen LogP contribution < -0.4 is 10.6 Å². The van der Waals surface area contributed by atoms with E-state index in [1.54, 1.807) is 0 Å². The number of anilines is 2. The number of nitrogens with one attached hydrogen (secondary N) is 2. The minimum atomic E-state index is -0.0234. The summed E-state index contributed by atoms with van der Waals surface area (Å²) in [6.07, 6.45) is 5.26. The van der Waals surface area contributed by atoms with Crippen molar-refractivity contribution in [2.24, 2.45) is 5.92 Å². The van der Waals surface area contributed by atoms with Crippen molar-refractivity contribution < 1.29 is 4.79 Å². The average molecular weight is 260 g/mol. The number of benzene rings is 1. The van der Waals surface area contributed by atoms with Gasteiger partial charge in [0.2, 0.25) is 5.91 Å². The van der Waals surface area contributed by atoms with Gasteiger partial charge in [-0.2, -0.15) is 0 Å². The van der Waals surface area contributed by atoms with Crippen molar-refractivity contribution in [3.63, 3.8) is 0 Å². The summed E-state index contributed by atoms with van der Waals surface area (Å²) in [6, 6.07) is 6.73. The third-order valence-electron chi connectivity index (χ3n) is 4.00. The second-order valence-electron chi connectivity index (χ2n) is 5.72. The Kier molecular flexibility index (Phi) is 4.46. The largest absolute Gasteiger partial charge is 0.382 e. The molecule has 104 valence electrons. The van der Waals surface area contributed by atoms with Crippen LogP contribution in [0, 0.1) is 12.8 Å². The van der Waals surface area contributed by atoms with Gasteiger partial charge in [-0.25, -0.2) is 0 Å². The Labute approximate surface area is 115 Å². The summed E-state index contributed by atoms with van der Waals surface area (Å²) < 4.78 is 0. The van der Waals surface area contributed by atoms with Gasteiger partial charge in [0, 0.05) is 24.3 Å². The molecule has 0 aromatic heterocycles. The molecule has 1 aromatic rings. The lowest BCUT2D eigenvalue weighted by Crippen LogP contribution is -2.30. The van der Waals surface area contributed by atoms with E-state index in [0.29, 0.717) is 6.04 Å². The zero-order valence-electron chi connectivity index (χ0n) is 12.1. The molecule has 1 aromatic carbocycles. The van der Waals surface area contributed by atoms with Crippen molar-refractivity contribution in [3.05, 3.63) is 23.8 Å². The van der Waals surface area contributed by atoms with Gasteiger partial charge in [-0.05, 0) is 49.4 Å². The van der Waals surface area contributed by atoms with E-state index in [4.69, 9.17) is 0 Å². The highest BCUT2D eigenvalue weighted by atomic mass is 16.1. The van der Waals surface area contributed by atoms with Crippen molar-refractivity contribution in [3.8, 4) is 0 Å². The molecule has 2 atom stereocenters. The van der Waals surface area contributed by atoms with Gasteiger partial charge in [-0.3, -0.25) is 4.79 Å². The molecule has 2 rings (SSSR count). The number of aryl methyl sites for hydroxylation is 1. The van der Waals surface area contributed by atoms with Crippen molar-refractivity contribution >= 4 is 17.3 Å². The first-order chi connectivity index (χ1) is 9.06. The van der Waals surface area contributed by atoms with Gasteiger partial charge in [0.25, 0.3) is 0 Å². The zero-order valence-corrected chi connectivity index (χ0v) is 12.1. The average Bonchev–Trinajstić information content (AvgIpc) is 2.35. The Bertz CT molecular complexity index is 456. The quantitative estimate of drug-likeness (QED) is 0.864. The number of carbonyl (C=O) groups excluding carboxylic acids is 1. The first kappa shape index (κ1) is 13.9. The number of rotatable bonds is 3. The minimum Gasteiger partial charge on any atom is -0.382 e. The molecule has 2 N–H and O–H groups in total. The van der Waals surface area contributed by atoms with Gasteiger partial charge in [0.05, 0.1) is 0 Å². The van der Waals surface area contributed by atoms with E-state index in [-0.39, 0.29) is 5.91 Å². The first-order valence-corrected chi connectivity index (χ1v) is 7.21. The van der Waals surface area contributed by atoms with Gasteiger partial charge in [-0.1, -0.05) is 19.8 Å². The Morgan fingerprint density at radius 2 is 2.00 bits per heavy atom. The molecule has 0 radical (unpaired) electrons. The molecule has 1 aliphatic carbocycles. The van der Waals surface area contributed by atoms with Crippen LogP contribution in [0.3, 0.4) is 0 Å². The van der Waals surface area contributed by atoms with Crippen LogP contribution in [0.1, 0.15) is 45.1 Å².